The van der Waals surface area contributed by atoms with Crippen molar-refractivity contribution >= 4 is 57.2 Å². The molecule has 2 amide bonds. The minimum atomic E-state index is -1.28. The van der Waals surface area contributed by atoms with Crippen molar-refractivity contribution in [2.75, 3.05) is 20.2 Å². The second-order valence-electron chi connectivity index (χ2n) is 16.1. The number of nitriles is 1. The maximum Gasteiger partial charge on any atom is 0.410 e. The van der Waals surface area contributed by atoms with Gasteiger partial charge >= 0.3 is 12.2 Å². The molecule has 4 aliphatic rings. The van der Waals surface area contributed by atoms with E-state index in [4.69, 9.17) is 37.7 Å². The first-order chi connectivity index (χ1) is 27.7. The Bertz CT molecular complexity index is 2570. The van der Waals surface area contributed by atoms with Gasteiger partial charge in [-0.1, -0.05) is 41.4 Å². The first-order valence-corrected chi connectivity index (χ1v) is 19.9. The number of pyridine rings is 1. The highest BCUT2D eigenvalue weighted by molar-refractivity contribution is 6.43. The molecule has 15 heteroatoms. The van der Waals surface area contributed by atoms with E-state index in [0.717, 1.165) is 0 Å². The maximum absolute atomic E-state index is 17.7. The lowest BCUT2D eigenvalue weighted by atomic mass is 9.79. The van der Waals surface area contributed by atoms with E-state index in [9.17, 15) is 20.0 Å². The summed E-state index contributed by atoms with van der Waals surface area (Å²) in [5, 5.41) is 20.4. The molecule has 1 saturated carbocycles. The van der Waals surface area contributed by atoms with Crippen LogP contribution in [-0.4, -0.2) is 68.5 Å². The number of fused-ring (bicyclic) bond motifs is 4. The van der Waals surface area contributed by atoms with E-state index >= 15 is 13.2 Å². The largest absolute Gasteiger partial charge is 0.453 e. The fourth-order valence-corrected chi connectivity index (χ4v) is 9.52. The maximum atomic E-state index is 17.7. The number of aryl methyl sites for hydroxylation is 1. The standard InChI is InChI=1S/C43H40Cl2F3N5O5/c1-43(2,3)58-42(56)52-19-23-17-31(52)39(23)53-30(29-11-7-15-51(29)41(55)57-4)18-27-37(25-13-12-22(20-54)34(46)35(25)47)50-38-26(40(27)53)16-21(8-6-14-49)32(36(38)48)24-9-5-10-28(44)33(24)45/h5,9-10,12-13,16,18,23,29,31,39,54H,6-8,11,15,17,19-20H2,1-4H3/t23-,29-,31-,39+/m1/s1. The molecule has 1 aliphatic carbocycles. The van der Waals surface area contributed by atoms with Gasteiger partial charge in [-0.2, -0.15) is 5.26 Å². The van der Waals surface area contributed by atoms with E-state index in [1.54, 1.807) is 60.9 Å². The number of aromatic nitrogens is 2. The average Bonchev–Trinajstić information content (AvgIpc) is 3.99. The third-order valence-corrected chi connectivity index (χ3v) is 12.4. The molecule has 0 unspecified atom stereocenters. The van der Waals surface area contributed by atoms with E-state index in [1.807, 2.05) is 4.57 Å². The van der Waals surface area contributed by atoms with Crippen LogP contribution < -0.4 is 0 Å². The number of methoxy groups -OCH3 is 1. The van der Waals surface area contributed by atoms with E-state index in [2.05, 4.69) is 6.07 Å². The molecule has 0 spiro atoms. The molecule has 10 nitrogen and oxygen atoms in total. The van der Waals surface area contributed by atoms with Crippen molar-refractivity contribution in [3.63, 3.8) is 0 Å². The molecule has 302 valence electrons. The fourth-order valence-electron chi connectivity index (χ4n) is 9.12. The number of aliphatic hydroxyl groups excluding tert-OH is 1. The van der Waals surface area contributed by atoms with Crippen LogP contribution in [0, 0.1) is 34.7 Å². The number of nitrogens with zero attached hydrogens (tertiary/aromatic N) is 5. The first kappa shape index (κ1) is 39.8. The Morgan fingerprint density at radius 1 is 1.00 bits per heavy atom. The number of ether oxygens (including phenoxy) is 2. The van der Waals surface area contributed by atoms with E-state index in [-0.39, 0.29) is 74.4 Å². The molecule has 4 fully saturated rings. The van der Waals surface area contributed by atoms with Crippen molar-refractivity contribution in [1.82, 2.24) is 19.4 Å². The molecule has 5 heterocycles. The summed E-state index contributed by atoms with van der Waals surface area (Å²) in [4.78, 5) is 35.0. The van der Waals surface area contributed by atoms with E-state index in [1.165, 1.54) is 19.2 Å². The molecule has 1 N–H and O–H groups in total. The number of amides is 2. The SMILES string of the molecule is COC(=O)N1CCC[C@@H]1c1cc2c(-c3ccc(CO)c(F)c3F)nc3c(F)c(-c4cccc(Cl)c4Cl)c(CCC#N)cc3c2n1[C@H]1[C@@H]2C[C@H]1N(C(=O)OC(C)(C)C)C2. The average molecular weight is 835 g/mol. The number of carbonyl (C=O) groups excluding carboxylic acids is 2. The van der Waals surface area contributed by atoms with Gasteiger partial charge in [0, 0.05) is 64.1 Å². The van der Waals surface area contributed by atoms with Crippen molar-refractivity contribution < 1.29 is 37.3 Å². The minimum absolute atomic E-state index is 0.0343. The highest BCUT2D eigenvalue weighted by atomic mass is 35.5. The number of hydrogen-bond donors (Lipinski definition) is 1. The van der Waals surface area contributed by atoms with Gasteiger partial charge in [0.25, 0.3) is 0 Å². The van der Waals surface area contributed by atoms with Crippen LogP contribution in [0.15, 0.2) is 42.5 Å². The molecule has 9 rings (SSSR count). The zero-order valence-corrected chi connectivity index (χ0v) is 33.7. The smallest absolute Gasteiger partial charge is 0.410 e. The molecule has 3 aromatic carbocycles. The van der Waals surface area contributed by atoms with Crippen molar-refractivity contribution in [1.29, 1.82) is 5.26 Å². The van der Waals surface area contributed by atoms with Crippen LogP contribution in [0.4, 0.5) is 22.8 Å². The Hall–Kier alpha value is -5.03. The van der Waals surface area contributed by atoms with Crippen molar-refractivity contribution in [3.8, 4) is 28.5 Å². The predicted molar refractivity (Wildman–Crippen MR) is 213 cm³/mol. The van der Waals surface area contributed by atoms with Gasteiger partial charge in [-0.3, -0.25) is 4.90 Å². The molecule has 2 bridgehead atoms. The number of aliphatic hydroxyl groups is 1. The number of likely N-dealkylation sites (tertiary alicyclic amines) is 1. The quantitative estimate of drug-likeness (QED) is 0.173. The lowest BCUT2D eigenvalue weighted by Gasteiger charge is -2.40. The summed E-state index contributed by atoms with van der Waals surface area (Å²) in [6, 6.07) is 11.8. The summed E-state index contributed by atoms with van der Waals surface area (Å²) < 4.78 is 62.5. The first-order valence-electron chi connectivity index (χ1n) is 19.1. The number of rotatable bonds is 7. The van der Waals surface area contributed by atoms with Gasteiger partial charge in [-0.05, 0) is 76.3 Å². The van der Waals surface area contributed by atoms with Crippen molar-refractivity contribution in [2.24, 2.45) is 5.92 Å². The summed E-state index contributed by atoms with van der Waals surface area (Å²) in [5.74, 6) is -3.44. The minimum Gasteiger partial charge on any atom is -0.453 e. The summed E-state index contributed by atoms with van der Waals surface area (Å²) >= 11 is 13.1. The lowest BCUT2D eigenvalue weighted by Crippen LogP contribution is -2.45. The molecule has 0 radical (unpaired) electrons. The predicted octanol–water partition coefficient (Wildman–Crippen LogP) is 10.3. The topological polar surface area (TPSA) is 121 Å². The Morgan fingerprint density at radius 3 is 2.48 bits per heavy atom. The van der Waals surface area contributed by atoms with E-state index < -0.39 is 47.9 Å². The summed E-state index contributed by atoms with van der Waals surface area (Å²) in [6.45, 7) is 5.40. The van der Waals surface area contributed by atoms with E-state index in [0.29, 0.717) is 59.9 Å². The summed E-state index contributed by atoms with van der Waals surface area (Å²) in [7, 11) is 1.30. The van der Waals surface area contributed by atoms with Crippen LogP contribution >= 0.6 is 23.2 Å². The van der Waals surface area contributed by atoms with Gasteiger partial charge < -0.3 is 24.0 Å². The zero-order chi connectivity index (χ0) is 41.4. The second-order valence-corrected chi connectivity index (χ2v) is 16.9. The summed E-state index contributed by atoms with van der Waals surface area (Å²) in [6.07, 6.45) is 0.985. The highest BCUT2D eigenvalue weighted by Crippen LogP contribution is 2.55. The van der Waals surface area contributed by atoms with Crippen LogP contribution in [0.2, 0.25) is 10.0 Å². The highest BCUT2D eigenvalue weighted by Gasteiger charge is 2.57. The van der Waals surface area contributed by atoms with Crippen LogP contribution in [0.5, 0.6) is 0 Å². The summed E-state index contributed by atoms with van der Waals surface area (Å²) in [5.41, 5.74) is 0.271. The monoisotopic (exact) mass is 833 g/mol. The second kappa shape index (κ2) is 15.0. The Balaban J connectivity index is 1.49. The molecule has 2 aromatic heterocycles. The normalized spacial score (nSPS) is 20.2. The van der Waals surface area contributed by atoms with Gasteiger partial charge in [0.2, 0.25) is 0 Å². The molecule has 58 heavy (non-hydrogen) atoms. The van der Waals surface area contributed by atoms with Gasteiger partial charge in [-0.25, -0.2) is 27.7 Å². The van der Waals surface area contributed by atoms with Crippen molar-refractivity contribution in [3.05, 3.63) is 86.8 Å². The van der Waals surface area contributed by atoms with Gasteiger partial charge in [0.05, 0.1) is 59.2 Å². The van der Waals surface area contributed by atoms with Crippen LogP contribution in [0.3, 0.4) is 0 Å². The van der Waals surface area contributed by atoms with Gasteiger partial charge in [-0.15, -0.1) is 0 Å². The molecule has 3 aliphatic heterocycles. The molecule has 4 atom stereocenters. The number of hydrogen-bond acceptors (Lipinski definition) is 7. The van der Waals surface area contributed by atoms with Crippen molar-refractivity contribution in [2.45, 2.75) is 83.2 Å². The molecule has 3 saturated heterocycles. The molecule has 5 aromatic rings. The third-order valence-electron chi connectivity index (χ3n) is 11.6. The van der Waals surface area contributed by atoms with Crippen LogP contribution in [-0.2, 0) is 22.5 Å². The Kier molecular flexibility index (Phi) is 10.3. The lowest BCUT2D eigenvalue weighted by molar-refractivity contribution is 0.0208. The number of carbonyl (C=O) groups is 2. The third kappa shape index (κ3) is 6.40. The Morgan fingerprint density at radius 2 is 1.78 bits per heavy atom. The van der Waals surface area contributed by atoms with Crippen LogP contribution in [0.1, 0.15) is 75.4 Å². The van der Waals surface area contributed by atoms with Crippen LogP contribution in [0.25, 0.3) is 44.2 Å². The zero-order valence-electron chi connectivity index (χ0n) is 32.2. The Labute approximate surface area is 342 Å². The molecular formula is C43H40Cl2F3N5O5. The van der Waals surface area contributed by atoms with Gasteiger partial charge in [0.15, 0.2) is 17.5 Å². The fraction of sp³-hybridized carbons (Fsp3) is 0.395. The number of halogens is 5. The van der Waals surface area contributed by atoms with Gasteiger partial charge in [0.1, 0.15) is 11.1 Å². The number of benzene rings is 3. The molecular weight excluding hydrogens is 794 g/mol.